The lowest BCUT2D eigenvalue weighted by Crippen LogP contribution is -2.54. The van der Waals surface area contributed by atoms with Crippen molar-refractivity contribution in [1.29, 1.82) is 0 Å². The Balaban J connectivity index is 1.40. The average Bonchev–Trinajstić information content (AvgIpc) is 2.84. The molecule has 0 saturated carbocycles. The lowest BCUT2D eigenvalue weighted by atomic mass is 9.83. The van der Waals surface area contributed by atoms with Crippen LogP contribution in [0.15, 0.2) is 54.6 Å². The Morgan fingerprint density at radius 1 is 0.909 bits per heavy atom. The van der Waals surface area contributed by atoms with Gasteiger partial charge < -0.3 is 25.2 Å². The summed E-state index contributed by atoms with van der Waals surface area (Å²) in [5.74, 6) is 0.740. The lowest BCUT2D eigenvalue weighted by Gasteiger charge is -2.38. The van der Waals surface area contributed by atoms with Crippen LogP contribution in [0.2, 0.25) is 0 Å². The largest absolute Gasteiger partial charge is 0.497 e. The van der Waals surface area contributed by atoms with Crippen molar-refractivity contribution in [2.24, 2.45) is 0 Å². The van der Waals surface area contributed by atoms with E-state index in [0.29, 0.717) is 37.6 Å². The minimum absolute atomic E-state index is 0.0332. The summed E-state index contributed by atoms with van der Waals surface area (Å²) in [4.78, 5) is 41.2. The molecular formula is C25H32N4O4. The van der Waals surface area contributed by atoms with E-state index in [2.05, 4.69) is 10.6 Å². The van der Waals surface area contributed by atoms with Gasteiger partial charge in [-0.05, 0) is 43.7 Å². The SMILES string of the molecule is COc1ccc(NC(=O)NCCC(=O)N2CCN(C(=O)C(C)(C)c3ccccc3)CC2)cc1. The fourth-order valence-corrected chi connectivity index (χ4v) is 3.82. The van der Waals surface area contributed by atoms with Gasteiger partial charge in [0.05, 0.1) is 12.5 Å². The highest BCUT2D eigenvalue weighted by Crippen LogP contribution is 2.26. The van der Waals surface area contributed by atoms with E-state index in [9.17, 15) is 14.4 Å². The molecule has 33 heavy (non-hydrogen) atoms. The number of amides is 4. The topological polar surface area (TPSA) is 91.0 Å². The Kier molecular flexibility index (Phi) is 7.92. The van der Waals surface area contributed by atoms with Crippen LogP contribution >= 0.6 is 0 Å². The van der Waals surface area contributed by atoms with Gasteiger partial charge >= 0.3 is 6.03 Å². The molecule has 1 aliphatic rings. The minimum atomic E-state index is -0.616. The number of hydrogen-bond acceptors (Lipinski definition) is 4. The average molecular weight is 453 g/mol. The fourth-order valence-electron chi connectivity index (χ4n) is 3.82. The van der Waals surface area contributed by atoms with Crippen molar-refractivity contribution in [3.05, 3.63) is 60.2 Å². The molecule has 8 heteroatoms. The quantitative estimate of drug-likeness (QED) is 0.676. The monoisotopic (exact) mass is 452 g/mol. The summed E-state index contributed by atoms with van der Waals surface area (Å²) < 4.78 is 5.09. The number of carbonyl (C=O) groups is 3. The van der Waals surface area contributed by atoms with Gasteiger partial charge in [-0.2, -0.15) is 0 Å². The van der Waals surface area contributed by atoms with Crippen LogP contribution in [0.1, 0.15) is 25.8 Å². The maximum absolute atomic E-state index is 13.1. The number of rotatable bonds is 7. The second-order valence-corrected chi connectivity index (χ2v) is 8.52. The van der Waals surface area contributed by atoms with Crippen LogP contribution in [0, 0.1) is 0 Å². The normalized spacial score (nSPS) is 13.9. The third-order valence-corrected chi connectivity index (χ3v) is 5.92. The van der Waals surface area contributed by atoms with Crippen LogP contribution in [0.4, 0.5) is 10.5 Å². The van der Waals surface area contributed by atoms with Crippen LogP contribution in [0.3, 0.4) is 0 Å². The van der Waals surface area contributed by atoms with E-state index in [-0.39, 0.29) is 30.8 Å². The van der Waals surface area contributed by atoms with E-state index >= 15 is 0 Å². The molecule has 1 saturated heterocycles. The number of nitrogens with zero attached hydrogens (tertiary/aromatic N) is 2. The summed E-state index contributed by atoms with van der Waals surface area (Å²) in [5.41, 5.74) is 1.00. The Morgan fingerprint density at radius 3 is 2.12 bits per heavy atom. The first-order valence-electron chi connectivity index (χ1n) is 11.1. The molecule has 1 aliphatic heterocycles. The number of ether oxygens (including phenoxy) is 1. The second-order valence-electron chi connectivity index (χ2n) is 8.52. The highest BCUT2D eigenvalue weighted by molar-refractivity contribution is 5.90. The molecule has 2 N–H and O–H groups in total. The number of hydrogen-bond donors (Lipinski definition) is 2. The third-order valence-electron chi connectivity index (χ3n) is 5.92. The molecule has 0 spiro atoms. The number of carbonyl (C=O) groups excluding carboxylic acids is 3. The van der Waals surface area contributed by atoms with Gasteiger partial charge in [0.15, 0.2) is 0 Å². The summed E-state index contributed by atoms with van der Waals surface area (Å²) in [6.07, 6.45) is 0.208. The highest BCUT2D eigenvalue weighted by atomic mass is 16.5. The van der Waals surface area contributed by atoms with Crippen molar-refractivity contribution in [2.75, 3.05) is 45.2 Å². The Hall–Kier alpha value is -3.55. The fraction of sp³-hybridized carbons (Fsp3) is 0.400. The van der Waals surface area contributed by atoms with E-state index < -0.39 is 5.41 Å². The molecule has 0 bridgehead atoms. The molecule has 2 aromatic carbocycles. The van der Waals surface area contributed by atoms with Crippen molar-refractivity contribution in [1.82, 2.24) is 15.1 Å². The molecule has 176 valence electrons. The molecule has 0 radical (unpaired) electrons. The van der Waals surface area contributed by atoms with Crippen LogP contribution in [0.5, 0.6) is 5.75 Å². The van der Waals surface area contributed by atoms with E-state index in [4.69, 9.17) is 4.74 Å². The van der Waals surface area contributed by atoms with Gasteiger partial charge in [-0.3, -0.25) is 9.59 Å². The molecule has 2 aromatic rings. The zero-order valence-corrected chi connectivity index (χ0v) is 19.5. The molecule has 1 heterocycles. The number of urea groups is 1. The molecular weight excluding hydrogens is 420 g/mol. The van der Waals surface area contributed by atoms with Crippen LogP contribution in [-0.4, -0.2) is 67.5 Å². The first-order chi connectivity index (χ1) is 15.8. The number of benzene rings is 2. The number of piperazine rings is 1. The van der Waals surface area contributed by atoms with Gasteiger partial charge in [0.2, 0.25) is 11.8 Å². The van der Waals surface area contributed by atoms with Gasteiger partial charge in [0.1, 0.15) is 5.75 Å². The molecule has 0 atom stereocenters. The van der Waals surface area contributed by atoms with Crippen LogP contribution in [-0.2, 0) is 15.0 Å². The summed E-state index contributed by atoms with van der Waals surface area (Å²) in [7, 11) is 1.58. The zero-order valence-electron chi connectivity index (χ0n) is 19.5. The molecule has 0 aliphatic carbocycles. The van der Waals surface area contributed by atoms with E-state index in [1.807, 2.05) is 49.1 Å². The molecule has 3 rings (SSSR count). The maximum atomic E-state index is 13.1. The predicted molar refractivity (Wildman–Crippen MR) is 127 cm³/mol. The zero-order chi connectivity index (χ0) is 23.8. The maximum Gasteiger partial charge on any atom is 0.319 e. The van der Waals surface area contributed by atoms with E-state index in [1.54, 1.807) is 36.3 Å². The molecule has 0 aromatic heterocycles. The molecule has 0 unspecified atom stereocenters. The van der Waals surface area contributed by atoms with Crippen molar-refractivity contribution < 1.29 is 19.1 Å². The number of nitrogens with one attached hydrogen (secondary N) is 2. The highest BCUT2D eigenvalue weighted by Gasteiger charge is 2.35. The molecule has 1 fully saturated rings. The standard InChI is InChI=1S/C25H32N4O4/c1-25(2,19-7-5-4-6-8-19)23(31)29-17-15-28(16-18-29)22(30)13-14-26-24(32)27-20-9-11-21(33-3)12-10-20/h4-12H,13-18H2,1-3H3,(H2,26,27,32). The third kappa shape index (κ3) is 6.25. The van der Waals surface area contributed by atoms with Gasteiger partial charge in [0, 0.05) is 44.8 Å². The number of anilines is 1. The first kappa shape index (κ1) is 24.1. The first-order valence-corrected chi connectivity index (χ1v) is 11.1. The summed E-state index contributed by atoms with van der Waals surface area (Å²) in [5, 5.41) is 5.42. The number of methoxy groups -OCH3 is 1. The summed E-state index contributed by atoms with van der Waals surface area (Å²) >= 11 is 0. The smallest absolute Gasteiger partial charge is 0.319 e. The van der Waals surface area contributed by atoms with Crippen molar-refractivity contribution in [3.63, 3.8) is 0 Å². The Labute approximate surface area is 194 Å². The summed E-state index contributed by atoms with van der Waals surface area (Å²) in [6.45, 7) is 6.11. The van der Waals surface area contributed by atoms with Gasteiger partial charge in [-0.15, -0.1) is 0 Å². The lowest BCUT2D eigenvalue weighted by molar-refractivity contribution is -0.142. The second kappa shape index (κ2) is 10.8. The van der Waals surface area contributed by atoms with Crippen LogP contribution in [0.25, 0.3) is 0 Å². The van der Waals surface area contributed by atoms with Crippen molar-refractivity contribution in [2.45, 2.75) is 25.7 Å². The Bertz CT molecular complexity index is 952. The molecule has 4 amide bonds. The van der Waals surface area contributed by atoms with Gasteiger partial charge in [0.25, 0.3) is 0 Å². The summed E-state index contributed by atoms with van der Waals surface area (Å²) in [6, 6.07) is 16.4. The van der Waals surface area contributed by atoms with Crippen molar-refractivity contribution >= 4 is 23.5 Å². The van der Waals surface area contributed by atoms with E-state index in [1.165, 1.54) is 0 Å². The Morgan fingerprint density at radius 2 is 1.52 bits per heavy atom. The van der Waals surface area contributed by atoms with Gasteiger partial charge in [-0.25, -0.2) is 4.79 Å². The van der Waals surface area contributed by atoms with Crippen molar-refractivity contribution in [3.8, 4) is 5.75 Å². The predicted octanol–water partition coefficient (Wildman–Crippen LogP) is 2.86. The van der Waals surface area contributed by atoms with Crippen LogP contribution < -0.4 is 15.4 Å². The van der Waals surface area contributed by atoms with Gasteiger partial charge in [-0.1, -0.05) is 30.3 Å². The minimum Gasteiger partial charge on any atom is -0.497 e. The van der Waals surface area contributed by atoms with E-state index in [0.717, 1.165) is 5.56 Å². The molecule has 8 nitrogen and oxygen atoms in total.